The molecule has 0 heterocycles. The number of anilines is 2. The summed E-state index contributed by atoms with van der Waals surface area (Å²) in [5.41, 5.74) is 0.372. The number of benzene rings is 2. The highest BCUT2D eigenvalue weighted by molar-refractivity contribution is 7.92. The molecule has 0 bridgehead atoms. The average molecular weight is 432 g/mol. The van der Waals surface area contributed by atoms with E-state index in [2.05, 4.69) is 10.1 Å². The van der Waals surface area contributed by atoms with E-state index in [0.717, 1.165) is 22.7 Å². The summed E-state index contributed by atoms with van der Waals surface area (Å²) in [5, 5.41) is 2.43. The van der Waals surface area contributed by atoms with Gasteiger partial charge in [-0.2, -0.15) is 0 Å². The second-order valence-electron chi connectivity index (χ2n) is 5.79. The predicted molar refractivity (Wildman–Crippen MR) is 102 cm³/mol. The van der Waals surface area contributed by atoms with Gasteiger partial charge >= 0.3 is 6.36 Å². The van der Waals surface area contributed by atoms with Gasteiger partial charge in [0.15, 0.2) is 0 Å². The predicted octanol–water partition coefficient (Wildman–Crippen LogP) is 3.39. The van der Waals surface area contributed by atoms with Gasteiger partial charge in [-0.1, -0.05) is 12.1 Å². The Hall–Kier alpha value is -2.95. The molecule has 0 saturated heterocycles. The topological polar surface area (TPSA) is 84.9 Å². The fourth-order valence-corrected chi connectivity index (χ4v) is 3.25. The van der Waals surface area contributed by atoms with Crippen molar-refractivity contribution < 1.29 is 35.9 Å². The lowest BCUT2D eigenvalue weighted by atomic mass is 10.3. The number of hydrogen-bond acceptors (Lipinski definition) is 5. The zero-order valence-electron chi connectivity index (χ0n) is 15.6. The third kappa shape index (κ3) is 6.86. The van der Waals surface area contributed by atoms with Crippen molar-refractivity contribution in [3.8, 4) is 11.5 Å². The van der Waals surface area contributed by atoms with Crippen molar-refractivity contribution in [1.29, 1.82) is 0 Å². The van der Waals surface area contributed by atoms with Crippen LogP contribution >= 0.6 is 0 Å². The summed E-state index contributed by atoms with van der Waals surface area (Å²) < 4.78 is 71.1. The lowest BCUT2D eigenvalue weighted by Gasteiger charge is -2.24. The number of halogens is 3. The van der Waals surface area contributed by atoms with Gasteiger partial charge in [0.25, 0.3) is 0 Å². The van der Waals surface area contributed by atoms with Crippen molar-refractivity contribution in [3.05, 3.63) is 48.5 Å². The molecule has 7 nitrogen and oxygen atoms in total. The monoisotopic (exact) mass is 432 g/mol. The van der Waals surface area contributed by atoms with Gasteiger partial charge in [-0.15, -0.1) is 13.2 Å². The SMILES string of the molecule is CCOc1ccccc1N(CC(=O)Nc1ccc(OC(F)(F)F)cc1)S(C)(=O)=O. The number of para-hydroxylation sites is 2. The van der Waals surface area contributed by atoms with Crippen LogP contribution in [0.3, 0.4) is 0 Å². The van der Waals surface area contributed by atoms with E-state index in [1.165, 1.54) is 18.2 Å². The Morgan fingerprint density at radius 2 is 1.72 bits per heavy atom. The highest BCUT2D eigenvalue weighted by Crippen LogP contribution is 2.30. The number of rotatable bonds is 8. The number of carbonyl (C=O) groups excluding carboxylic acids is 1. The standard InChI is InChI=1S/C18H19F3N2O5S/c1-3-27-16-7-5-4-6-15(16)23(29(2,25)26)12-17(24)22-13-8-10-14(11-9-13)28-18(19,20)21/h4-11H,3,12H2,1-2H3,(H,22,24). The van der Waals surface area contributed by atoms with E-state index in [1.54, 1.807) is 25.1 Å². The summed E-state index contributed by atoms with van der Waals surface area (Å²) >= 11 is 0. The van der Waals surface area contributed by atoms with Gasteiger partial charge < -0.3 is 14.8 Å². The molecular formula is C18H19F3N2O5S. The number of nitrogens with zero attached hydrogens (tertiary/aromatic N) is 1. The van der Waals surface area contributed by atoms with Crippen LogP contribution in [-0.4, -0.2) is 40.1 Å². The summed E-state index contributed by atoms with van der Waals surface area (Å²) in [6.45, 7) is 1.48. The quantitative estimate of drug-likeness (QED) is 0.691. The van der Waals surface area contributed by atoms with E-state index in [9.17, 15) is 26.4 Å². The Morgan fingerprint density at radius 1 is 1.10 bits per heavy atom. The number of sulfonamides is 1. The lowest BCUT2D eigenvalue weighted by molar-refractivity contribution is -0.274. The number of carbonyl (C=O) groups is 1. The maximum atomic E-state index is 12.4. The van der Waals surface area contributed by atoms with Crippen LogP contribution in [0.15, 0.2) is 48.5 Å². The summed E-state index contributed by atoms with van der Waals surface area (Å²) in [6.07, 6.45) is -3.87. The number of ether oxygens (including phenoxy) is 2. The van der Waals surface area contributed by atoms with Gasteiger partial charge in [0.05, 0.1) is 18.6 Å². The molecule has 0 saturated carbocycles. The summed E-state index contributed by atoms with van der Waals surface area (Å²) in [7, 11) is -3.83. The first-order valence-corrected chi connectivity index (χ1v) is 10.2. The summed E-state index contributed by atoms with van der Waals surface area (Å²) in [4.78, 5) is 12.4. The Morgan fingerprint density at radius 3 is 2.28 bits per heavy atom. The Kier molecular flexibility index (Phi) is 6.96. The smallest absolute Gasteiger partial charge is 0.492 e. The number of nitrogens with one attached hydrogen (secondary N) is 1. The molecule has 1 amide bonds. The zero-order chi connectivity index (χ0) is 21.7. The van der Waals surface area contributed by atoms with Crippen LogP contribution in [0.5, 0.6) is 11.5 Å². The largest absolute Gasteiger partial charge is 0.573 e. The lowest BCUT2D eigenvalue weighted by Crippen LogP contribution is -2.37. The normalized spacial score (nSPS) is 11.6. The molecule has 0 atom stereocenters. The van der Waals surface area contributed by atoms with Gasteiger partial charge in [0, 0.05) is 5.69 Å². The molecule has 0 aromatic heterocycles. The molecule has 2 aromatic carbocycles. The molecule has 29 heavy (non-hydrogen) atoms. The van der Waals surface area contributed by atoms with Gasteiger partial charge in [-0.3, -0.25) is 9.10 Å². The van der Waals surface area contributed by atoms with Gasteiger partial charge in [-0.05, 0) is 43.3 Å². The minimum Gasteiger partial charge on any atom is -0.492 e. The van der Waals surface area contributed by atoms with Crippen LogP contribution in [0.2, 0.25) is 0 Å². The van der Waals surface area contributed by atoms with E-state index in [-0.39, 0.29) is 11.4 Å². The van der Waals surface area contributed by atoms with E-state index >= 15 is 0 Å². The van der Waals surface area contributed by atoms with Crippen molar-refractivity contribution in [2.75, 3.05) is 29.0 Å². The molecular weight excluding hydrogens is 413 g/mol. The van der Waals surface area contributed by atoms with Gasteiger partial charge in [-0.25, -0.2) is 8.42 Å². The molecule has 0 radical (unpaired) electrons. The van der Waals surface area contributed by atoms with E-state index in [0.29, 0.717) is 12.4 Å². The Balaban J connectivity index is 2.16. The Bertz CT molecular complexity index is 947. The zero-order valence-corrected chi connectivity index (χ0v) is 16.4. The second-order valence-corrected chi connectivity index (χ2v) is 7.70. The molecule has 0 fully saturated rings. The minimum atomic E-state index is -4.82. The van der Waals surface area contributed by atoms with Crippen LogP contribution in [0.25, 0.3) is 0 Å². The van der Waals surface area contributed by atoms with Gasteiger partial charge in [0.1, 0.15) is 18.0 Å². The van der Waals surface area contributed by atoms with Crippen LogP contribution in [0.4, 0.5) is 24.5 Å². The van der Waals surface area contributed by atoms with Crippen molar-refractivity contribution in [2.45, 2.75) is 13.3 Å². The molecule has 2 rings (SSSR count). The number of hydrogen-bond donors (Lipinski definition) is 1. The highest BCUT2D eigenvalue weighted by atomic mass is 32.2. The number of amides is 1. The minimum absolute atomic E-state index is 0.177. The Labute approximate surface area is 166 Å². The van der Waals surface area contributed by atoms with Crippen molar-refractivity contribution in [2.24, 2.45) is 0 Å². The molecule has 2 aromatic rings. The van der Waals surface area contributed by atoms with Crippen LogP contribution < -0.4 is 19.1 Å². The van der Waals surface area contributed by atoms with Gasteiger partial charge in [0.2, 0.25) is 15.9 Å². The molecule has 158 valence electrons. The highest BCUT2D eigenvalue weighted by Gasteiger charge is 2.31. The fourth-order valence-electron chi connectivity index (χ4n) is 2.39. The molecule has 0 aliphatic heterocycles. The van der Waals surface area contributed by atoms with E-state index in [1.807, 2.05) is 0 Å². The molecule has 0 unspecified atom stereocenters. The van der Waals surface area contributed by atoms with Crippen molar-refractivity contribution in [1.82, 2.24) is 0 Å². The third-order valence-corrected chi connectivity index (χ3v) is 4.62. The second kappa shape index (κ2) is 9.03. The molecule has 0 spiro atoms. The third-order valence-electron chi connectivity index (χ3n) is 3.49. The van der Waals surface area contributed by atoms with Crippen LogP contribution in [0, 0.1) is 0 Å². The molecule has 1 N–H and O–H groups in total. The average Bonchev–Trinajstić information content (AvgIpc) is 2.60. The maximum absolute atomic E-state index is 12.4. The van der Waals surface area contributed by atoms with Crippen molar-refractivity contribution in [3.63, 3.8) is 0 Å². The first-order chi connectivity index (χ1) is 13.5. The molecule has 0 aliphatic carbocycles. The first-order valence-electron chi connectivity index (χ1n) is 8.35. The molecule has 0 aliphatic rings. The number of alkyl halides is 3. The first kappa shape index (κ1) is 22.3. The van der Waals surface area contributed by atoms with Crippen LogP contribution in [0.1, 0.15) is 6.92 Å². The van der Waals surface area contributed by atoms with Crippen molar-refractivity contribution >= 4 is 27.3 Å². The van der Waals surface area contributed by atoms with E-state index in [4.69, 9.17) is 4.74 Å². The van der Waals surface area contributed by atoms with E-state index < -0.39 is 34.6 Å². The summed E-state index contributed by atoms with van der Waals surface area (Å²) in [6, 6.07) is 10.8. The van der Waals surface area contributed by atoms with Crippen LogP contribution in [-0.2, 0) is 14.8 Å². The fraction of sp³-hybridized carbons (Fsp3) is 0.278. The molecule has 11 heteroatoms. The maximum Gasteiger partial charge on any atom is 0.573 e. The summed E-state index contributed by atoms with van der Waals surface area (Å²) in [5.74, 6) is -0.841.